The topological polar surface area (TPSA) is 48.9 Å². The quantitative estimate of drug-likeness (QED) is 0.576. The van der Waals surface area contributed by atoms with Crippen molar-refractivity contribution in [1.82, 2.24) is 15.5 Å². The second-order valence-electron chi connectivity index (χ2n) is 6.19. The molecule has 2 N–H and O–H groups in total. The molecule has 26 heavy (non-hydrogen) atoms. The van der Waals surface area contributed by atoms with E-state index >= 15 is 0 Å². The van der Waals surface area contributed by atoms with Crippen molar-refractivity contribution in [2.24, 2.45) is 4.99 Å². The van der Waals surface area contributed by atoms with E-state index in [0.29, 0.717) is 6.54 Å². The van der Waals surface area contributed by atoms with Gasteiger partial charge in [-0.05, 0) is 49.5 Å². The van der Waals surface area contributed by atoms with Crippen LogP contribution in [0.15, 0.2) is 53.5 Å². The van der Waals surface area contributed by atoms with Crippen LogP contribution >= 0.6 is 11.6 Å². The molecule has 0 fully saturated rings. The lowest BCUT2D eigenvalue weighted by Crippen LogP contribution is -2.41. The second-order valence-corrected chi connectivity index (χ2v) is 6.63. The van der Waals surface area contributed by atoms with Crippen molar-refractivity contribution in [3.63, 3.8) is 0 Å². The highest BCUT2D eigenvalue weighted by molar-refractivity contribution is 6.30. The highest BCUT2D eigenvalue weighted by atomic mass is 35.5. The fourth-order valence-electron chi connectivity index (χ4n) is 2.69. The van der Waals surface area contributed by atoms with Crippen molar-refractivity contribution in [3.8, 4) is 5.75 Å². The molecule has 0 bridgehead atoms. The summed E-state index contributed by atoms with van der Waals surface area (Å²) in [6.07, 6.45) is 0. The fourth-order valence-corrected chi connectivity index (χ4v) is 2.91. The van der Waals surface area contributed by atoms with E-state index in [0.717, 1.165) is 28.8 Å². The summed E-state index contributed by atoms with van der Waals surface area (Å²) in [6, 6.07) is 16.1. The molecule has 0 heterocycles. The van der Waals surface area contributed by atoms with E-state index in [1.54, 1.807) is 14.2 Å². The molecule has 0 radical (unpaired) electrons. The molecule has 0 saturated carbocycles. The highest BCUT2D eigenvalue weighted by Gasteiger charge is 2.15. The Hall–Kier alpha value is -2.24. The lowest BCUT2D eigenvalue weighted by atomic mass is 10.1. The van der Waals surface area contributed by atoms with Crippen LogP contribution in [0.3, 0.4) is 0 Å². The number of hydrogen-bond donors (Lipinski definition) is 2. The number of hydrogen-bond acceptors (Lipinski definition) is 3. The van der Waals surface area contributed by atoms with Crippen LogP contribution in [-0.2, 0) is 6.54 Å². The van der Waals surface area contributed by atoms with Gasteiger partial charge >= 0.3 is 0 Å². The van der Waals surface area contributed by atoms with E-state index < -0.39 is 0 Å². The molecule has 0 aliphatic carbocycles. The molecule has 0 saturated heterocycles. The molecule has 2 rings (SSSR count). The van der Waals surface area contributed by atoms with Crippen molar-refractivity contribution < 1.29 is 4.74 Å². The van der Waals surface area contributed by atoms with Gasteiger partial charge in [0.2, 0.25) is 0 Å². The van der Waals surface area contributed by atoms with Crippen LogP contribution in [0.2, 0.25) is 5.02 Å². The number of rotatable bonds is 7. The Labute approximate surface area is 161 Å². The summed E-state index contributed by atoms with van der Waals surface area (Å²) >= 11 is 6.03. The van der Waals surface area contributed by atoms with Gasteiger partial charge < -0.3 is 20.3 Å². The molecule has 0 aliphatic heterocycles. The summed E-state index contributed by atoms with van der Waals surface area (Å²) in [5.41, 5.74) is 2.30. The number of nitrogens with one attached hydrogen (secondary N) is 2. The predicted octanol–water partition coefficient (Wildman–Crippen LogP) is 3.32. The first kappa shape index (κ1) is 20.1. The molecular weight excluding hydrogens is 348 g/mol. The first-order valence-corrected chi connectivity index (χ1v) is 8.90. The van der Waals surface area contributed by atoms with E-state index in [1.165, 1.54) is 5.56 Å². The van der Waals surface area contributed by atoms with E-state index in [1.807, 2.05) is 36.4 Å². The zero-order valence-corrected chi connectivity index (χ0v) is 16.5. The summed E-state index contributed by atoms with van der Waals surface area (Å²) in [7, 11) is 7.58. The number of guanidine groups is 1. The Morgan fingerprint density at radius 2 is 1.92 bits per heavy atom. The number of nitrogens with zero attached hydrogens (tertiary/aromatic N) is 2. The molecule has 2 aromatic rings. The van der Waals surface area contributed by atoms with Crippen LogP contribution in [0.5, 0.6) is 5.75 Å². The minimum atomic E-state index is 0.190. The van der Waals surface area contributed by atoms with Gasteiger partial charge in [-0.2, -0.15) is 0 Å². The number of ether oxygens (including phenoxy) is 1. The van der Waals surface area contributed by atoms with Gasteiger partial charge in [0.05, 0.1) is 13.2 Å². The summed E-state index contributed by atoms with van der Waals surface area (Å²) < 4.78 is 5.34. The van der Waals surface area contributed by atoms with Gasteiger partial charge in [0.15, 0.2) is 5.96 Å². The number of benzene rings is 2. The van der Waals surface area contributed by atoms with Crippen LogP contribution in [0.1, 0.15) is 17.2 Å². The number of methoxy groups -OCH3 is 1. The number of halogens is 1. The van der Waals surface area contributed by atoms with Crippen LogP contribution in [-0.4, -0.2) is 45.7 Å². The molecule has 0 aliphatic rings. The Morgan fingerprint density at radius 3 is 2.58 bits per heavy atom. The van der Waals surface area contributed by atoms with Crippen molar-refractivity contribution >= 4 is 17.6 Å². The normalized spacial score (nSPS) is 12.8. The molecular formula is C20H27ClN4O. The van der Waals surface area contributed by atoms with Gasteiger partial charge in [0, 0.05) is 25.2 Å². The molecule has 5 nitrogen and oxygen atoms in total. The maximum atomic E-state index is 6.03. The predicted molar refractivity (Wildman–Crippen MR) is 109 cm³/mol. The van der Waals surface area contributed by atoms with Gasteiger partial charge in [-0.15, -0.1) is 0 Å². The monoisotopic (exact) mass is 374 g/mol. The average molecular weight is 375 g/mol. The minimum Gasteiger partial charge on any atom is -0.497 e. The zero-order chi connectivity index (χ0) is 18.9. The molecule has 0 spiro atoms. The molecule has 140 valence electrons. The minimum absolute atomic E-state index is 0.190. The van der Waals surface area contributed by atoms with Crippen molar-refractivity contribution in [2.45, 2.75) is 12.6 Å². The lowest BCUT2D eigenvalue weighted by Gasteiger charge is -2.26. The molecule has 2 aromatic carbocycles. The Kier molecular flexibility index (Phi) is 7.75. The largest absolute Gasteiger partial charge is 0.497 e. The molecule has 0 aromatic heterocycles. The van der Waals surface area contributed by atoms with Crippen molar-refractivity contribution in [1.29, 1.82) is 0 Å². The van der Waals surface area contributed by atoms with E-state index in [-0.39, 0.29) is 6.04 Å². The van der Waals surface area contributed by atoms with E-state index in [2.05, 4.69) is 46.8 Å². The van der Waals surface area contributed by atoms with Gasteiger partial charge in [-0.1, -0.05) is 35.9 Å². The third-order valence-corrected chi connectivity index (χ3v) is 4.37. The Balaban J connectivity index is 1.97. The Bertz CT molecular complexity index is 733. The SMILES string of the molecule is CN=C(NCc1cccc(Cl)c1)NCC(c1cccc(OC)c1)N(C)C. The second kappa shape index (κ2) is 10.0. The Morgan fingerprint density at radius 1 is 1.15 bits per heavy atom. The van der Waals surface area contributed by atoms with Crippen molar-refractivity contribution in [2.75, 3.05) is 34.8 Å². The summed E-state index contributed by atoms with van der Waals surface area (Å²) in [5, 5.41) is 7.45. The molecule has 1 unspecified atom stereocenters. The maximum absolute atomic E-state index is 6.03. The summed E-state index contributed by atoms with van der Waals surface area (Å²) in [4.78, 5) is 6.48. The zero-order valence-electron chi connectivity index (χ0n) is 15.8. The maximum Gasteiger partial charge on any atom is 0.191 e. The van der Waals surface area contributed by atoms with Crippen LogP contribution in [0, 0.1) is 0 Å². The van der Waals surface area contributed by atoms with Gasteiger partial charge in [0.25, 0.3) is 0 Å². The van der Waals surface area contributed by atoms with Crippen LogP contribution in [0.4, 0.5) is 0 Å². The van der Waals surface area contributed by atoms with Crippen LogP contribution in [0.25, 0.3) is 0 Å². The van der Waals surface area contributed by atoms with Gasteiger partial charge in [0.1, 0.15) is 5.75 Å². The fraction of sp³-hybridized carbons (Fsp3) is 0.350. The first-order chi connectivity index (χ1) is 12.5. The van der Waals surface area contributed by atoms with E-state index in [4.69, 9.17) is 16.3 Å². The standard InChI is InChI=1S/C20H27ClN4O/c1-22-20(23-13-15-7-5-9-17(21)11-15)24-14-19(25(2)3)16-8-6-10-18(12-16)26-4/h5-12,19H,13-14H2,1-4H3,(H2,22,23,24). The number of likely N-dealkylation sites (N-methyl/N-ethyl adjacent to an activating group) is 1. The van der Waals surface area contributed by atoms with E-state index in [9.17, 15) is 0 Å². The third-order valence-electron chi connectivity index (χ3n) is 4.14. The van der Waals surface area contributed by atoms with Gasteiger partial charge in [-0.25, -0.2) is 0 Å². The smallest absolute Gasteiger partial charge is 0.191 e. The summed E-state index contributed by atoms with van der Waals surface area (Å²) in [5.74, 6) is 1.61. The van der Waals surface area contributed by atoms with Gasteiger partial charge in [-0.3, -0.25) is 4.99 Å². The van der Waals surface area contributed by atoms with Crippen LogP contribution < -0.4 is 15.4 Å². The third kappa shape index (κ3) is 5.93. The first-order valence-electron chi connectivity index (χ1n) is 8.53. The highest BCUT2D eigenvalue weighted by Crippen LogP contribution is 2.22. The lowest BCUT2D eigenvalue weighted by molar-refractivity contribution is 0.297. The summed E-state index contributed by atoms with van der Waals surface area (Å²) in [6.45, 7) is 1.38. The molecule has 1 atom stereocenters. The number of aliphatic imine (C=N–C) groups is 1. The average Bonchev–Trinajstić information content (AvgIpc) is 2.64. The van der Waals surface area contributed by atoms with Crippen molar-refractivity contribution in [3.05, 3.63) is 64.7 Å². The molecule has 0 amide bonds. The molecule has 6 heteroatoms.